The van der Waals surface area contributed by atoms with Crippen LogP contribution in [0.25, 0.3) is 0 Å². The Balaban J connectivity index is 1.56. The average Bonchev–Trinajstić information content (AvgIpc) is 2.55. The number of amides is 1. The molecule has 1 heterocycles. The van der Waals surface area contributed by atoms with Crippen LogP contribution in [-0.4, -0.2) is 18.1 Å². The first-order valence-corrected chi connectivity index (χ1v) is 7.12. The Labute approximate surface area is 128 Å². The molecule has 0 radical (unpaired) electrons. The van der Waals surface area contributed by atoms with Crippen LogP contribution in [0, 0.1) is 0 Å². The minimum Gasteiger partial charge on any atom is -0.482 e. The molecule has 1 amide bonds. The maximum Gasteiger partial charge on any atom is 0.288 e. The Morgan fingerprint density at radius 1 is 1.05 bits per heavy atom. The standard InChI is InChI=1S/C17H17NO4/c1-12-16(22-15-10-6-5-9-14(15)21-12)17(19)18-20-11-13-7-3-2-4-8-13/h2-10,12,16H,11H2,1H3,(H,18,19). The molecule has 2 aromatic rings. The van der Waals surface area contributed by atoms with Crippen molar-refractivity contribution >= 4 is 5.91 Å². The molecule has 3 rings (SSSR count). The average molecular weight is 299 g/mol. The van der Waals surface area contributed by atoms with Gasteiger partial charge in [0, 0.05) is 0 Å². The highest BCUT2D eigenvalue weighted by atomic mass is 16.7. The minimum atomic E-state index is -0.745. The predicted molar refractivity (Wildman–Crippen MR) is 80.3 cm³/mol. The van der Waals surface area contributed by atoms with E-state index in [-0.39, 0.29) is 5.91 Å². The van der Waals surface area contributed by atoms with Crippen molar-refractivity contribution in [1.29, 1.82) is 0 Å². The van der Waals surface area contributed by atoms with Gasteiger partial charge < -0.3 is 9.47 Å². The molecule has 2 atom stereocenters. The largest absolute Gasteiger partial charge is 0.482 e. The van der Waals surface area contributed by atoms with Crippen LogP contribution < -0.4 is 15.0 Å². The van der Waals surface area contributed by atoms with E-state index in [1.807, 2.05) is 48.5 Å². The monoisotopic (exact) mass is 299 g/mol. The molecule has 2 unspecified atom stereocenters. The number of hydrogen-bond donors (Lipinski definition) is 1. The van der Waals surface area contributed by atoms with E-state index in [0.717, 1.165) is 5.56 Å². The lowest BCUT2D eigenvalue weighted by Crippen LogP contribution is -2.48. The van der Waals surface area contributed by atoms with Crippen LogP contribution in [0.2, 0.25) is 0 Å². The first-order chi connectivity index (χ1) is 10.7. The van der Waals surface area contributed by atoms with Gasteiger partial charge in [0.2, 0.25) is 6.10 Å². The van der Waals surface area contributed by atoms with Gasteiger partial charge in [-0.25, -0.2) is 5.48 Å². The second-order valence-electron chi connectivity index (χ2n) is 5.05. The van der Waals surface area contributed by atoms with E-state index in [2.05, 4.69) is 5.48 Å². The van der Waals surface area contributed by atoms with E-state index < -0.39 is 12.2 Å². The molecule has 0 aromatic heterocycles. The van der Waals surface area contributed by atoms with Gasteiger partial charge >= 0.3 is 0 Å². The van der Waals surface area contributed by atoms with E-state index in [4.69, 9.17) is 14.3 Å². The summed E-state index contributed by atoms with van der Waals surface area (Å²) in [6.07, 6.45) is -1.14. The molecule has 22 heavy (non-hydrogen) atoms. The van der Waals surface area contributed by atoms with Gasteiger partial charge in [0.15, 0.2) is 11.5 Å². The number of fused-ring (bicyclic) bond motifs is 1. The molecule has 0 fully saturated rings. The summed E-state index contributed by atoms with van der Waals surface area (Å²) in [6.45, 7) is 2.09. The zero-order chi connectivity index (χ0) is 15.4. The van der Waals surface area contributed by atoms with Crippen molar-refractivity contribution in [1.82, 2.24) is 5.48 Å². The van der Waals surface area contributed by atoms with Crippen molar-refractivity contribution in [2.45, 2.75) is 25.7 Å². The van der Waals surface area contributed by atoms with Gasteiger partial charge in [0.05, 0.1) is 6.61 Å². The molecule has 2 aromatic carbocycles. The first kappa shape index (κ1) is 14.4. The second-order valence-corrected chi connectivity index (χ2v) is 5.05. The third-order valence-electron chi connectivity index (χ3n) is 3.36. The normalized spacial score (nSPS) is 19.5. The van der Waals surface area contributed by atoms with Crippen molar-refractivity contribution in [3.05, 3.63) is 60.2 Å². The Kier molecular flexibility index (Phi) is 4.25. The van der Waals surface area contributed by atoms with E-state index in [1.165, 1.54) is 0 Å². The van der Waals surface area contributed by atoms with Gasteiger partial charge in [-0.2, -0.15) is 0 Å². The lowest BCUT2D eigenvalue weighted by molar-refractivity contribution is -0.147. The summed E-state index contributed by atoms with van der Waals surface area (Å²) in [7, 11) is 0. The molecule has 0 saturated heterocycles. The topological polar surface area (TPSA) is 56.8 Å². The fraction of sp³-hybridized carbons (Fsp3) is 0.235. The lowest BCUT2D eigenvalue weighted by atomic mass is 10.1. The van der Waals surface area contributed by atoms with E-state index in [1.54, 1.807) is 13.0 Å². The number of hydrogen-bond acceptors (Lipinski definition) is 4. The van der Waals surface area contributed by atoms with Crippen LogP contribution in [0.1, 0.15) is 12.5 Å². The highest BCUT2D eigenvalue weighted by molar-refractivity contribution is 5.81. The third-order valence-corrected chi connectivity index (χ3v) is 3.36. The smallest absolute Gasteiger partial charge is 0.288 e. The maximum atomic E-state index is 12.2. The molecule has 0 bridgehead atoms. The molecule has 0 spiro atoms. The van der Waals surface area contributed by atoms with Gasteiger partial charge in [-0.3, -0.25) is 9.63 Å². The quantitative estimate of drug-likeness (QED) is 0.881. The summed E-state index contributed by atoms with van der Waals surface area (Å²) in [5.74, 6) is 0.839. The molecular weight excluding hydrogens is 282 g/mol. The minimum absolute atomic E-state index is 0.297. The Morgan fingerprint density at radius 3 is 2.41 bits per heavy atom. The van der Waals surface area contributed by atoms with Gasteiger partial charge in [0.1, 0.15) is 6.10 Å². The summed E-state index contributed by atoms with van der Waals surface area (Å²) in [6, 6.07) is 16.9. The fourth-order valence-corrected chi connectivity index (χ4v) is 2.23. The highest BCUT2D eigenvalue weighted by Gasteiger charge is 2.34. The molecule has 114 valence electrons. The number of carbonyl (C=O) groups is 1. The molecule has 0 saturated carbocycles. The van der Waals surface area contributed by atoms with Gasteiger partial charge in [-0.15, -0.1) is 0 Å². The number of rotatable bonds is 4. The number of hydroxylamine groups is 1. The molecule has 0 aliphatic carbocycles. The van der Waals surface area contributed by atoms with Crippen molar-refractivity contribution in [3.8, 4) is 11.5 Å². The zero-order valence-corrected chi connectivity index (χ0v) is 12.2. The summed E-state index contributed by atoms with van der Waals surface area (Å²) in [5.41, 5.74) is 3.39. The first-order valence-electron chi connectivity index (χ1n) is 7.12. The molecule has 1 N–H and O–H groups in total. The van der Waals surface area contributed by atoms with Crippen molar-refractivity contribution < 1.29 is 19.1 Å². The summed E-state index contributed by atoms with van der Waals surface area (Å²) < 4.78 is 11.4. The van der Waals surface area contributed by atoms with Crippen LogP contribution >= 0.6 is 0 Å². The van der Waals surface area contributed by atoms with Crippen molar-refractivity contribution in [2.75, 3.05) is 0 Å². The van der Waals surface area contributed by atoms with E-state index >= 15 is 0 Å². The van der Waals surface area contributed by atoms with Gasteiger partial charge in [0.25, 0.3) is 5.91 Å². The van der Waals surface area contributed by atoms with Gasteiger partial charge in [-0.1, -0.05) is 42.5 Å². The molecule has 5 heteroatoms. The number of para-hydroxylation sites is 2. The summed E-state index contributed by atoms with van der Waals surface area (Å²) >= 11 is 0. The summed E-state index contributed by atoms with van der Waals surface area (Å²) in [4.78, 5) is 17.4. The molecule has 5 nitrogen and oxygen atoms in total. The number of ether oxygens (including phenoxy) is 2. The lowest BCUT2D eigenvalue weighted by Gasteiger charge is -2.30. The van der Waals surface area contributed by atoms with Crippen LogP contribution in [-0.2, 0) is 16.2 Å². The van der Waals surface area contributed by atoms with Crippen LogP contribution in [0.4, 0.5) is 0 Å². The number of benzene rings is 2. The predicted octanol–water partition coefficient (Wildman–Crippen LogP) is 2.46. The van der Waals surface area contributed by atoms with E-state index in [9.17, 15) is 4.79 Å². The van der Waals surface area contributed by atoms with E-state index in [0.29, 0.717) is 18.1 Å². The number of carbonyl (C=O) groups excluding carboxylic acids is 1. The molecule has 1 aliphatic rings. The number of nitrogens with one attached hydrogen (secondary N) is 1. The zero-order valence-electron chi connectivity index (χ0n) is 12.2. The second kappa shape index (κ2) is 6.49. The van der Waals surface area contributed by atoms with Crippen LogP contribution in [0.15, 0.2) is 54.6 Å². The SMILES string of the molecule is CC1Oc2ccccc2OC1C(=O)NOCc1ccccc1. The maximum absolute atomic E-state index is 12.2. The van der Waals surface area contributed by atoms with Gasteiger partial charge in [-0.05, 0) is 24.6 Å². The van der Waals surface area contributed by atoms with Crippen LogP contribution in [0.5, 0.6) is 11.5 Å². The van der Waals surface area contributed by atoms with Crippen molar-refractivity contribution in [3.63, 3.8) is 0 Å². The highest BCUT2D eigenvalue weighted by Crippen LogP contribution is 2.33. The Morgan fingerprint density at radius 2 is 1.68 bits per heavy atom. The van der Waals surface area contributed by atoms with Crippen LogP contribution in [0.3, 0.4) is 0 Å². The fourth-order valence-electron chi connectivity index (χ4n) is 2.23. The third kappa shape index (κ3) is 3.20. The Hall–Kier alpha value is -2.53. The molecular formula is C17H17NO4. The molecule has 1 aliphatic heterocycles. The van der Waals surface area contributed by atoms with Crippen molar-refractivity contribution in [2.24, 2.45) is 0 Å². The summed E-state index contributed by atoms with van der Waals surface area (Å²) in [5, 5.41) is 0. The Bertz CT molecular complexity index is 644.